The maximum absolute atomic E-state index is 13.2. The molecular weight excluding hydrogens is 479 g/mol. The molecule has 0 radical (unpaired) electrons. The van der Waals surface area contributed by atoms with Crippen molar-refractivity contribution in [3.8, 4) is 0 Å². The largest absolute Gasteiger partial charge is 0.337 e. The monoisotopic (exact) mass is 492 g/mol. The highest BCUT2D eigenvalue weighted by atomic mass is 35.5. The van der Waals surface area contributed by atoms with Crippen molar-refractivity contribution in [1.29, 1.82) is 0 Å². The van der Waals surface area contributed by atoms with Gasteiger partial charge in [0.25, 0.3) is 0 Å². The van der Waals surface area contributed by atoms with E-state index in [2.05, 4.69) is 5.32 Å². The molecule has 0 unspecified atom stereocenters. The third-order valence-electron chi connectivity index (χ3n) is 4.71. The van der Waals surface area contributed by atoms with E-state index in [0.29, 0.717) is 26.6 Å². The lowest BCUT2D eigenvalue weighted by Gasteiger charge is -2.09. The number of carbonyl (C=O) groups is 1. The number of aromatic nitrogens is 1. The van der Waals surface area contributed by atoms with Gasteiger partial charge in [-0.2, -0.15) is 0 Å². The van der Waals surface area contributed by atoms with Gasteiger partial charge in [0.1, 0.15) is 6.54 Å². The Morgan fingerprint density at radius 1 is 0.903 bits per heavy atom. The van der Waals surface area contributed by atoms with E-state index in [1.54, 1.807) is 47.0 Å². The van der Waals surface area contributed by atoms with Crippen LogP contribution in [0.15, 0.2) is 82.7 Å². The summed E-state index contributed by atoms with van der Waals surface area (Å²) in [5, 5.41) is 4.23. The van der Waals surface area contributed by atoms with Crippen molar-refractivity contribution in [3.63, 3.8) is 0 Å². The van der Waals surface area contributed by atoms with E-state index in [0.717, 1.165) is 0 Å². The lowest BCUT2D eigenvalue weighted by Crippen LogP contribution is -2.18. The van der Waals surface area contributed by atoms with Gasteiger partial charge in [0, 0.05) is 22.1 Å². The number of amides is 1. The molecule has 0 bridgehead atoms. The molecule has 0 saturated carbocycles. The molecule has 31 heavy (non-hydrogen) atoms. The van der Waals surface area contributed by atoms with Crippen molar-refractivity contribution in [2.45, 2.75) is 16.3 Å². The summed E-state index contributed by atoms with van der Waals surface area (Å²) in [5.41, 5.74) is 0.993. The van der Waals surface area contributed by atoms with Gasteiger partial charge in [-0.15, -0.1) is 0 Å². The van der Waals surface area contributed by atoms with Crippen LogP contribution in [0.25, 0.3) is 10.9 Å². The molecular formula is C22H15Cl3N2O3S. The average Bonchev–Trinajstić information content (AvgIpc) is 3.11. The number of para-hydroxylation sites is 1. The first kappa shape index (κ1) is 21.7. The second-order valence-corrected chi connectivity index (χ2v) is 9.89. The minimum Gasteiger partial charge on any atom is -0.337 e. The molecule has 1 aromatic heterocycles. The Labute approximate surface area is 194 Å². The van der Waals surface area contributed by atoms with Gasteiger partial charge in [0.2, 0.25) is 15.7 Å². The van der Waals surface area contributed by atoms with E-state index < -0.39 is 9.84 Å². The first-order chi connectivity index (χ1) is 14.8. The summed E-state index contributed by atoms with van der Waals surface area (Å²) in [6.07, 6.45) is 1.47. The third-order valence-corrected chi connectivity index (χ3v) is 7.57. The van der Waals surface area contributed by atoms with Gasteiger partial charge in [-0.25, -0.2) is 8.42 Å². The Balaban J connectivity index is 1.71. The van der Waals surface area contributed by atoms with Gasteiger partial charge < -0.3 is 9.88 Å². The Hall–Kier alpha value is -2.51. The highest BCUT2D eigenvalue weighted by molar-refractivity contribution is 7.91. The van der Waals surface area contributed by atoms with E-state index >= 15 is 0 Å². The summed E-state index contributed by atoms with van der Waals surface area (Å²) in [6, 6.07) is 17.9. The molecule has 0 fully saturated rings. The molecule has 9 heteroatoms. The van der Waals surface area contributed by atoms with Gasteiger partial charge in [-0.3, -0.25) is 4.79 Å². The predicted octanol–water partition coefficient (Wildman–Crippen LogP) is 6.07. The molecule has 4 rings (SSSR count). The van der Waals surface area contributed by atoms with Crippen LogP contribution in [0.5, 0.6) is 0 Å². The SMILES string of the molecule is O=C(Cn1cc(S(=O)(=O)c2ccc(Cl)cc2)c2ccccc21)Nc1cccc(Cl)c1Cl. The van der Waals surface area contributed by atoms with Gasteiger partial charge in [-0.05, 0) is 42.5 Å². The molecule has 0 aliphatic carbocycles. The van der Waals surface area contributed by atoms with Gasteiger partial charge >= 0.3 is 0 Å². The minimum absolute atomic E-state index is 0.110. The average molecular weight is 494 g/mol. The summed E-state index contributed by atoms with van der Waals surface area (Å²) in [4.78, 5) is 12.9. The number of benzene rings is 3. The van der Waals surface area contributed by atoms with E-state index in [9.17, 15) is 13.2 Å². The fraction of sp³-hybridized carbons (Fsp3) is 0.0455. The van der Waals surface area contributed by atoms with E-state index in [4.69, 9.17) is 34.8 Å². The molecule has 0 aliphatic rings. The summed E-state index contributed by atoms with van der Waals surface area (Å²) >= 11 is 18.0. The summed E-state index contributed by atoms with van der Waals surface area (Å²) in [6.45, 7) is -0.112. The quantitative estimate of drug-likeness (QED) is 0.367. The molecule has 3 aromatic carbocycles. The van der Waals surface area contributed by atoms with Crippen molar-refractivity contribution in [2.75, 3.05) is 5.32 Å². The van der Waals surface area contributed by atoms with Crippen LogP contribution in [0.1, 0.15) is 0 Å². The third kappa shape index (κ3) is 4.29. The van der Waals surface area contributed by atoms with Crippen LogP contribution in [0.2, 0.25) is 15.1 Å². The molecule has 4 aromatic rings. The Morgan fingerprint density at radius 3 is 2.35 bits per heavy atom. The fourth-order valence-corrected chi connectivity index (χ4v) is 5.19. The second kappa shape index (κ2) is 8.55. The smallest absolute Gasteiger partial charge is 0.244 e. The molecule has 5 nitrogen and oxygen atoms in total. The molecule has 0 aliphatic heterocycles. The van der Waals surface area contributed by atoms with Crippen molar-refractivity contribution in [3.05, 3.63) is 88.0 Å². The minimum atomic E-state index is -3.82. The molecule has 0 atom stereocenters. The van der Waals surface area contributed by atoms with Crippen LogP contribution < -0.4 is 5.32 Å². The standard InChI is InChI=1S/C22H15Cl3N2O3S/c23-14-8-10-15(11-9-14)31(29,30)20-12-27(19-7-2-1-4-16(19)20)13-21(28)26-18-6-3-5-17(24)22(18)25/h1-12H,13H2,(H,26,28). The van der Waals surface area contributed by atoms with Crippen molar-refractivity contribution in [2.24, 2.45) is 0 Å². The Morgan fingerprint density at radius 2 is 1.61 bits per heavy atom. The van der Waals surface area contributed by atoms with Crippen molar-refractivity contribution < 1.29 is 13.2 Å². The predicted molar refractivity (Wildman–Crippen MR) is 124 cm³/mol. The summed E-state index contributed by atoms with van der Waals surface area (Å²) in [7, 11) is -3.82. The van der Waals surface area contributed by atoms with Gasteiger partial charge in [0.05, 0.1) is 25.5 Å². The summed E-state index contributed by atoms with van der Waals surface area (Å²) in [5.74, 6) is -0.375. The highest BCUT2D eigenvalue weighted by Gasteiger charge is 2.24. The molecule has 158 valence electrons. The summed E-state index contributed by atoms with van der Waals surface area (Å²) < 4.78 is 28.1. The Bertz CT molecular complexity index is 1400. The second-order valence-electron chi connectivity index (χ2n) is 6.75. The van der Waals surface area contributed by atoms with Crippen LogP contribution in [0.3, 0.4) is 0 Å². The zero-order chi connectivity index (χ0) is 22.2. The fourth-order valence-electron chi connectivity index (χ4n) is 3.24. The van der Waals surface area contributed by atoms with Crippen molar-refractivity contribution in [1.82, 2.24) is 4.57 Å². The molecule has 0 spiro atoms. The zero-order valence-corrected chi connectivity index (χ0v) is 18.9. The number of fused-ring (bicyclic) bond motifs is 1. The first-order valence-electron chi connectivity index (χ1n) is 9.10. The van der Waals surface area contributed by atoms with Crippen LogP contribution in [-0.2, 0) is 21.2 Å². The maximum Gasteiger partial charge on any atom is 0.244 e. The van der Waals surface area contributed by atoms with Crippen LogP contribution in [0.4, 0.5) is 5.69 Å². The first-order valence-corrected chi connectivity index (χ1v) is 11.7. The highest BCUT2D eigenvalue weighted by Crippen LogP contribution is 2.32. The molecule has 0 saturated heterocycles. The van der Waals surface area contributed by atoms with Crippen LogP contribution in [-0.4, -0.2) is 18.9 Å². The normalized spacial score (nSPS) is 11.6. The number of nitrogens with one attached hydrogen (secondary N) is 1. The van der Waals surface area contributed by atoms with Crippen LogP contribution >= 0.6 is 34.8 Å². The number of nitrogens with zero attached hydrogens (tertiary/aromatic N) is 1. The number of carbonyl (C=O) groups excluding carboxylic acids is 1. The number of sulfone groups is 1. The number of anilines is 1. The van der Waals surface area contributed by atoms with E-state index in [1.807, 2.05) is 0 Å². The topological polar surface area (TPSA) is 68.2 Å². The van der Waals surface area contributed by atoms with Gasteiger partial charge in [0.15, 0.2) is 0 Å². The van der Waals surface area contributed by atoms with Crippen LogP contribution in [0, 0.1) is 0 Å². The van der Waals surface area contributed by atoms with Gasteiger partial charge in [-0.1, -0.05) is 59.1 Å². The lowest BCUT2D eigenvalue weighted by atomic mass is 10.2. The number of halogens is 3. The van der Waals surface area contributed by atoms with E-state index in [-0.39, 0.29) is 27.3 Å². The molecule has 1 heterocycles. The number of hydrogen-bond acceptors (Lipinski definition) is 3. The number of rotatable bonds is 5. The zero-order valence-electron chi connectivity index (χ0n) is 15.8. The van der Waals surface area contributed by atoms with E-state index in [1.165, 1.54) is 30.5 Å². The lowest BCUT2D eigenvalue weighted by molar-refractivity contribution is -0.116. The van der Waals surface area contributed by atoms with Crippen molar-refractivity contribution >= 4 is 67.1 Å². The molecule has 1 N–H and O–H groups in total. The maximum atomic E-state index is 13.2. The number of hydrogen-bond donors (Lipinski definition) is 1. The molecule has 1 amide bonds. The Kier molecular flexibility index (Phi) is 5.99.